The standard InChI is InChI=1S/C56H33N3/c1-57-44-27-29-52-48(33-44)47-32-41(26-28-51(47)56(52)49-16-8-6-14-45(49)46-15-7-9-17-50(46)56)37-18-22-38(23-19-37)53-34-54(42-24-20-35-10-2-4-12-39(35)30-42)59-55(58-53)43-25-21-36-11-3-5-13-40(36)31-43/h2-34H. The first-order valence-corrected chi connectivity index (χ1v) is 20.0. The molecule has 9 aromatic carbocycles. The first kappa shape index (κ1) is 33.2. The molecule has 1 spiro atoms. The van der Waals surface area contributed by atoms with Crippen molar-refractivity contribution < 1.29 is 0 Å². The largest absolute Gasteiger partial charge is 0.238 e. The molecule has 0 amide bonds. The zero-order valence-corrected chi connectivity index (χ0v) is 31.9. The maximum atomic E-state index is 7.90. The number of fused-ring (bicyclic) bond motifs is 12. The van der Waals surface area contributed by atoms with Crippen LogP contribution in [0.4, 0.5) is 5.69 Å². The van der Waals surface area contributed by atoms with Crippen molar-refractivity contribution in [2.45, 2.75) is 5.41 Å². The highest BCUT2D eigenvalue weighted by Gasteiger charge is 2.51. The second-order valence-electron chi connectivity index (χ2n) is 15.6. The van der Waals surface area contributed by atoms with Gasteiger partial charge in [0.2, 0.25) is 0 Å². The van der Waals surface area contributed by atoms with E-state index in [4.69, 9.17) is 16.5 Å². The number of rotatable bonds is 4. The molecular formula is C56H33N3. The molecule has 1 heterocycles. The van der Waals surface area contributed by atoms with Gasteiger partial charge in [-0.2, -0.15) is 0 Å². The summed E-state index contributed by atoms with van der Waals surface area (Å²) in [5.74, 6) is 0.695. The van der Waals surface area contributed by atoms with Gasteiger partial charge in [-0.3, -0.25) is 0 Å². The summed E-state index contributed by atoms with van der Waals surface area (Å²) in [5, 5.41) is 4.72. The van der Waals surface area contributed by atoms with Crippen molar-refractivity contribution in [3.05, 3.63) is 234 Å². The summed E-state index contributed by atoms with van der Waals surface area (Å²) >= 11 is 0. The molecule has 0 atom stereocenters. The molecule has 0 N–H and O–H groups in total. The third-order valence-electron chi connectivity index (χ3n) is 12.5. The Morgan fingerprint density at radius 3 is 1.47 bits per heavy atom. The fourth-order valence-corrected chi connectivity index (χ4v) is 9.77. The van der Waals surface area contributed by atoms with Crippen LogP contribution in [0.25, 0.3) is 93.7 Å². The molecule has 0 unspecified atom stereocenters. The summed E-state index contributed by atoms with van der Waals surface area (Å²) in [5.41, 5.74) is 17.2. The molecule has 0 fully saturated rings. The summed E-state index contributed by atoms with van der Waals surface area (Å²) in [6, 6.07) is 71.5. The highest BCUT2D eigenvalue weighted by atomic mass is 14.9. The van der Waals surface area contributed by atoms with E-state index in [2.05, 4.69) is 199 Å². The Labute approximate surface area is 342 Å². The van der Waals surface area contributed by atoms with Crippen molar-refractivity contribution in [1.82, 2.24) is 9.97 Å². The Bertz CT molecular complexity index is 3260. The summed E-state index contributed by atoms with van der Waals surface area (Å²) in [6.07, 6.45) is 0. The monoisotopic (exact) mass is 747 g/mol. The van der Waals surface area contributed by atoms with E-state index in [-0.39, 0.29) is 0 Å². The molecule has 3 nitrogen and oxygen atoms in total. The SMILES string of the molecule is [C-]#[N+]c1ccc2c(c1)-c1cc(-c3ccc(-c4cc(-c5ccc6ccccc6c5)nc(-c5ccc6ccccc6c5)n4)cc3)ccc1C21c2ccccc2-c2ccccc21. The second-order valence-corrected chi connectivity index (χ2v) is 15.6. The van der Waals surface area contributed by atoms with Crippen molar-refractivity contribution in [2.24, 2.45) is 0 Å². The van der Waals surface area contributed by atoms with Gasteiger partial charge in [-0.1, -0.05) is 170 Å². The molecule has 0 saturated heterocycles. The first-order chi connectivity index (χ1) is 29.2. The average molecular weight is 748 g/mol. The van der Waals surface area contributed by atoms with Crippen LogP contribution in [0.3, 0.4) is 0 Å². The predicted molar refractivity (Wildman–Crippen MR) is 241 cm³/mol. The van der Waals surface area contributed by atoms with Gasteiger partial charge in [0.15, 0.2) is 11.5 Å². The van der Waals surface area contributed by atoms with Crippen LogP contribution in [-0.2, 0) is 5.41 Å². The van der Waals surface area contributed by atoms with Crippen LogP contribution in [0.5, 0.6) is 0 Å². The Hall–Kier alpha value is -7.93. The van der Waals surface area contributed by atoms with Crippen molar-refractivity contribution in [2.75, 3.05) is 0 Å². The lowest BCUT2D eigenvalue weighted by molar-refractivity contribution is 0.794. The molecule has 2 aliphatic carbocycles. The molecular weight excluding hydrogens is 715 g/mol. The number of benzene rings is 9. The zero-order valence-electron chi connectivity index (χ0n) is 31.9. The van der Waals surface area contributed by atoms with Crippen LogP contribution in [-0.4, -0.2) is 9.97 Å². The lowest BCUT2D eigenvalue weighted by Crippen LogP contribution is -2.25. The van der Waals surface area contributed by atoms with Gasteiger partial charge < -0.3 is 0 Å². The fraction of sp³-hybridized carbons (Fsp3) is 0.0179. The lowest BCUT2D eigenvalue weighted by atomic mass is 9.70. The normalized spacial score (nSPS) is 12.9. The van der Waals surface area contributed by atoms with Gasteiger partial charge >= 0.3 is 0 Å². The summed E-state index contributed by atoms with van der Waals surface area (Å²) in [4.78, 5) is 14.2. The minimum atomic E-state index is -0.445. The van der Waals surface area contributed by atoms with E-state index in [0.29, 0.717) is 11.5 Å². The summed E-state index contributed by atoms with van der Waals surface area (Å²) in [7, 11) is 0. The summed E-state index contributed by atoms with van der Waals surface area (Å²) < 4.78 is 0. The van der Waals surface area contributed by atoms with Crippen LogP contribution >= 0.6 is 0 Å². The predicted octanol–water partition coefficient (Wildman–Crippen LogP) is 14.3. The van der Waals surface area contributed by atoms with E-state index in [1.54, 1.807) is 0 Å². The van der Waals surface area contributed by atoms with Crippen LogP contribution in [0.15, 0.2) is 200 Å². The van der Waals surface area contributed by atoms with Gasteiger partial charge in [0.25, 0.3) is 0 Å². The Balaban J connectivity index is 0.980. The van der Waals surface area contributed by atoms with E-state index in [9.17, 15) is 0 Å². The Morgan fingerprint density at radius 2 is 0.814 bits per heavy atom. The highest BCUT2D eigenvalue weighted by Crippen LogP contribution is 2.63. The molecule has 3 heteroatoms. The van der Waals surface area contributed by atoms with E-state index in [0.717, 1.165) is 50.2 Å². The Kier molecular flexibility index (Phi) is 7.21. The number of nitrogens with zero attached hydrogens (tertiary/aromatic N) is 3. The van der Waals surface area contributed by atoms with Crippen LogP contribution in [0.2, 0.25) is 0 Å². The molecule has 10 aromatic rings. The first-order valence-electron chi connectivity index (χ1n) is 20.0. The van der Waals surface area contributed by atoms with E-state index in [1.807, 2.05) is 6.07 Å². The van der Waals surface area contributed by atoms with E-state index in [1.165, 1.54) is 55.1 Å². The second kappa shape index (κ2) is 12.8. The van der Waals surface area contributed by atoms with Crippen molar-refractivity contribution in [3.63, 3.8) is 0 Å². The smallest absolute Gasteiger partial charge is 0.187 e. The van der Waals surface area contributed by atoms with E-state index >= 15 is 0 Å². The summed E-state index contributed by atoms with van der Waals surface area (Å²) in [6.45, 7) is 7.90. The molecule has 2 aliphatic rings. The molecule has 272 valence electrons. The van der Waals surface area contributed by atoms with Gasteiger partial charge in [-0.25, -0.2) is 14.8 Å². The minimum Gasteiger partial charge on any atom is -0.238 e. The van der Waals surface area contributed by atoms with Gasteiger partial charge in [0.05, 0.1) is 23.4 Å². The highest BCUT2D eigenvalue weighted by molar-refractivity contribution is 5.97. The van der Waals surface area contributed by atoms with Crippen molar-refractivity contribution in [3.8, 4) is 67.3 Å². The van der Waals surface area contributed by atoms with E-state index < -0.39 is 5.41 Å². The molecule has 12 rings (SSSR count). The third-order valence-corrected chi connectivity index (χ3v) is 12.5. The fourth-order valence-electron chi connectivity index (χ4n) is 9.77. The third kappa shape index (κ3) is 5.00. The van der Waals surface area contributed by atoms with Crippen molar-refractivity contribution in [1.29, 1.82) is 0 Å². The van der Waals surface area contributed by atoms with Crippen LogP contribution < -0.4 is 0 Å². The van der Waals surface area contributed by atoms with Crippen LogP contribution in [0.1, 0.15) is 22.3 Å². The molecule has 0 saturated carbocycles. The van der Waals surface area contributed by atoms with Gasteiger partial charge in [0.1, 0.15) is 0 Å². The topological polar surface area (TPSA) is 30.1 Å². The maximum Gasteiger partial charge on any atom is 0.187 e. The number of hydrogen-bond donors (Lipinski definition) is 0. The van der Waals surface area contributed by atoms with Crippen molar-refractivity contribution >= 4 is 27.2 Å². The number of aromatic nitrogens is 2. The lowest BCUT2D eigenvalue weighted by Gasteiger charge is -2.30. The number of hydrogen-bond acceptors (Lipinski definition) is 2. The molecule has 1 aromatic heterocycles. The minimum absolute atomic E-state index is 0.445. The average Bonchev–Trinajstić information content (AvgIpc) is 3.77. The van der Waals surface area contributed by atoms with Gasteiger partial charge in [-0.05, 0) is 108 Å². The quantitative estimate of drug-likeness (QED) is 0.168. The maximum absolute atomic E-state index is 7.90. The Morgan fingerprint density at radius 1 is 0.339 bits per heavy atom. The molecule has 0 radical (unpaired) electrons. The zero-order chi connectivity index (χ0) is 39.1. The van der Waals surface area contributed by atoms with Gasteiger partial charge in [0, 0.05) is 16.7 Å². The molecule has 59 heavy (non-hydrogen) atoms. The molecule has 0 aliphatic heterocycles. The van der Waals surface area contributed by atoms with Crippen LogP contribution in [0, 0.1) is 6.57 Å². The molecule has 0 bridgehead atoms. The van der Waals surface area contributed by atoms with Gasteiger partial charge in [-0.15, -0.1) is 0 Å².